The summed E-state index contributed by atoms with van der Waals surface area (Å²) in [7, 11) is 0. The van der Waals surface area contributed by atoms with Gasteiger partial charge in [-0.1, -0.05) is 39.0 Å². The van der Waals surface area contributed by atoms with Gasteiger partial charge in [-0.2, -0.15) is 12.6 Å². The summed E-state index contributed by atoms with van der Waals surface area (Å²) in [5.74, 6) is 0.468. The summed E-state index contributed by atoms with van der Waals surface area (Å²) >= 11 is 4.11. The zero-order valence-electron chi connectivity index (χ0n) is 9.91. The number of thiol groups is 1. The molecule has 0 saturated heterocycles. The molecule has 1 rings (SSSR count). The molecule has 2 heteroatoms. The molecule has 1 unspecified atom stereocenters. The maximum absolute atomic E-state index is 9.73. The molecule has 1 nitrogen and oxygen atoms in total. The number of aliphatic hydroxyl groups is 1. The molecule has 0 aromatic heterocycles. The molecule has 0 bridgehead atoms. The molecule has 0 radical (unpaired) electrons. The Bertz CT molecular complexity index is 339. The van der Waals surface area contributed by atoms with Gasteiger partial charge in [0.1, 0.15) is 0 Å². The van der Waals surface area contributed by atoms with Crippen LogP contribution in [0.1, 0.15) is 43.6 Å². The minimum atomic E-state index is -0.456. The molecule has 0 aliphatic carbocycles. The van der Waals surface area contributed by atoms with Gasteiger partial charge in [0, 0.05) is 5.75 Å². The quantitative estimate of drug-likeness (QED) is 0.739. The van der Waals surface area contributed by atoms with Crippen molar-refractivity contribution in [1.82, 2.24) is 0 Å². The predicted molar refractivity (Wildman–Crippen MR) is 68.7 cm³/mol. The van der Waals surface area contributed by atoms with Crippen molar-refractivity contribution in [2.45, 2.75) is 39.2 Å². The maximum Gasteiger partial charge on any atom is 0.0880 e. The molecule has 84 valence electrons. The molecule has 1 aromatic rings. The van der Waals surface area contributed by atoms with E-state index >= 15 is 0 Å². The van der Waals surface area contributed by atoms with E-state index in [1.165, 1.54) is 5.56 Å². The van der Waals surface area contributed by atoms with Crippen molar-refractivity contribution in [2.75, 3.05) is 5.75 Å². The molecule has 0 spiro atoms. The van der Waals surface area contributed by atoms with Crippen LogP contribution in [0, 0.1) is 6.92 Å². The summed E-state index contributed by atoms with van der Waals surface area (Å²) in [6.45, 7) is 8.61. The van der Waals surface area contributed by atoms with E-state index < -0.39 is 6.10 Å². The second-order valence-electron chi connectivity index (χ2n) is 5.02. The molecule has 0 saturated carbocycles. The number of rotatable bonds is 2. The molecular weight excluding hydrogens is 204 g/mol. The Balaban J connectivity index is 3.09. The van der Waals surface area contributed by atoms with Crippen molar-refractivity contribution in [1.29, 1.82) is 0 Å². The fourth-order valence-electron chi connectivity index (χ4n) is 1.61. The second-order valence-corrected chi connectivity index (χ2v) is 5.38. The van der Waals surface area contributed by atoms with E-state index in [1.54, 1.807) is 0 Å². The van der Waals surface area contributed by atoms with Gasteiger partial charge in [-0.3, -0.25) is 0 Å². The molecule has 0 aliphatic heterocycles. The second kappa shape index (κ2) is 4.58. The van der Waals surface area contributed by atoms with Gasteiger partial charge in [0.2, 0.25) is 0 Å². The first-order valence-corrected chi connectivity index (χ1v) is 5.89. The Hall–Kier alpha value is -0.470. The average Bonchev–Trinajstić information content (AvgIpc) is 2.15. The van der Waals surface area contributed by atoms with Crippen LogP contribution in [-0.4, -0.2) is 10.9 Å². The molecule has 1 atom stereocenters. The molecule has 15 heavy (non-hydrogen) atoms. The van der Waals surface area contributed by atoms with E-state index in [0.29, 0.717) is 5.75 Å². The highest BCUT2D eigenvalue weighted by atomic mass is 32.1. The summed E-state index contributed by atoms with van der Waals surface area (Å²) in [4.78, 5) is 0. The predicted octanol–water partition coefficient (Wildman–Crippen LogP) is 3.26. The first-order chi connectivity index (χ1) is 6.86. The van der Waals surface area contributed by atoms with Gasteiger partial charge in [-0.15, -0.1) is 0 Å². The lowest BCUT2D eigenvalue weighted by atomic mass is 9.85. The third-order valence-electron chi connectivity index (χ3n) is 2.67. The standard InChI is InChI=1S/C13H20OS/c1-9-7-10(13(2,3)4)5-6-11(9)12(14)8-15/h5-7,12,14-15H,8H2,1-4H3. The number of hydrogen-bond acceptors (Lipinski definition) is 2. The summed E-state index contributed by atoms with van der Waals surface area (Å²) in [6, 6.07) is 6.26. The smallest absolute Gasteiger partial charge is 0.0880 e. The molecule has 0 heterocycles. The lowest BCUT2D eigenvalue weighted by molar-refractivity contribution is 0.203. The van der Waals surface area contributed by atoms with Crippen molar-refractivity contribution in [2.24, 2.45) is 0 Å². The minimum Gasteiger partial charge on any atom is -0.388 e. The van der Waals surface area contributed by atoms with Crippen molar-refractivity contribution < 1.29 is 5.11 Å². The van der Waals surface area contributed by atoms with Crippen LogP contribution >= 0.6 is 12.6 Å². The molecule has 0 amide bonds. The van der Waals surface area contributed by atoms with Crippen LogP contribution < -0.4 is 0 Å². The molecule has 1 aromatic carbocycles. The fraction of sp³-hybridized carbons (Fsp3) is 0.538. The molecule has 0 fully saturated rings. The van der Waals surface area contributed by atoms with Crippen molar-refractivity contribution in [3.63, 3.8) is 0 Å². The van der Waals surface area contributed by atoms with Crippen LogP contribution in [0.3, 0.4) is 0 Å². The minimum absolute atomic E-state index is 0.162. The van der Waals surface area contributed by atoms with E-state index in [4.69, 9.17) is 0 Å². The van der Waals surface area contributed by atoms with Crippen molar-refractivity contribution in [3.05, 3.63) is 34.9 Å². The van der Waals surface area contributed by atoms with Gasteiger partial charge in [-0.25, -0.2) is 0 Å². The Labute approximate surface area is 97.9 Å². The van der Waals surface area contributed by atoms with Crippen LogP contribution in [0.2, 0.25) is 0 Å². The van der Waals surface area contributed by atoms with E-state index in [2.05, 4.69) is 45.5 Å². The number of benzene rings is 1. The van der Waals surface area contributed by atoms with Crippen LogP contribution in [-0.2, 0) is 5.41 Å². The highest BCUT2D eigenvalue weighted by Crippen LogP contribution is 2.27. The zero-order chi connectivity index (χ0) is 11.6. The summed E-state index contributed by atoms with van der Waals surface area (Å²) in [5, 5.41) is 9.73. The summed E-state index contributed by atoms with van der Waals surface area (Å²) < 4.78 is 0. The molecule has 0 aliphatic rings. The average molecular weight is 224 g/mol. The topological polar surface area (TPSA) is 20.2 Å². The van der Waals surface area contributed by atoms with Gasteiger partial charge in [0.25, 0.3) is 0 Å². The number of aryl methyl sites for hydroxylation is 1. The van der Waals surface area contributed by atoms with Gasteiger partial charge in [-0.05, 0) is 29.0 Å². The van der Waals surface area contributed by atoms with E-state index in [9.17, 15) is 5.11 Å². The van der Waals surface area contributed by atoms with E-state index in [-0.39, 0.29) is 5.41 Å². The van der Waals surface area contributed by atoms with Gasteiger partial charge in [0.15, 0.2) is 0 Å². The van der Waals surface area contributed by atoms with Crippen LogP contribution in [0.15, 0.2) is 18.2 Å². The van der Waals surface area contributed by atoms with Crippen molar-refractivity contribution in [3.8, 4) is 0 Å². The maximum atomic E-state index is 9.73. The fourth-order valence-corrected chi connectivity index (χ4v) is 1.81. The first-order valence-electron chi connectivity index (χ1n) is 5.26. The highest BCUT2D eigenvalue weighted by Gasteiger charge is 2.16. The Morgan fingerprint density at radius 1 is 1.33 bits per heavy atom. The Morgan fingerprint density at radius 3 is 2.33 bits per heavy atom. The van der Waals surface area contributed by atoms with Crippen LogP contribution in [0.4, 0.5) is 0 Å². The van der Waals surface area contributed by atoms with E-state index in [1.807, 2.05) is 13.0 Å². The first kappa shape index (κ1) is 12.6. The lowest BCUT2D eigenvalue weighted by Gasteiger charge is -2.21. The van der Waals surface area contributed by atoms with Gasteiger partial charge >= 0.3 is 0 Å². The largest absolute Gasteiger partial charge is 0.388 e. The lowest BCUT2D eigenvalue weighted by Crippen LogP contribution is -2.12. The van der Waals surface area contributed by atoms with Crippen molar-refractivity contribution >= 4 is 12.6 Å². The van der Waals surface area contributed by atoms with Crippen LogP contribution in [0.5, 0.6) is 0 Å². The van der Waals surface area contributed by atoms with Crippen LogP contribution in [0.25, 0.3) is 0 Å². The van der Waals surface area contributed by atoms with E-state index in [0.717, 1.165) is 11.1 Å². The highest BCUT2D eigenvalue weighted by molar-refractivity contribution is 7.80. The van der Waals surface area contributed by atoms with Gasteiger partial charge < -0.3 is 5.11 Å². The SMILES string of the molecule is Cc1cc(C(C)(C)C)ccc1C(O)CS. The monoisotopic (exact) mass is 224 g/mol. The third kappa shape index (κ3) is 2.99. The molecular formula is C13H20OS. The normalized spacial score (nSPS) is 14.0. The zero-order valence-corrected chi connectivity index (χ0v) is 10.8. The van der Waals surface area contributed by atoms with Gasteiger partial charge in [0.05, 0.1) is 6.10 Å². The number of hydrogen-bond donors (Lipinski definition) is 2. The molecule has 1 N–H and O–H groups in total. The summed E-state index contributed by atoms with van der Waals surface area (Å²) in [6.07, 6.45) is -0.456. The Morgan fingerprint density at radius 2 is 1.93 bits per heavy atom. The Kier molecular flexibility index (Phi) is 3.85. The number of aliphatic hydroxyl groups excluding tert-OH is 1. The summed E-state index contributed by atoms with van der Waals surface area (Å²) in [5.41, 5.74) is 3.59. The third-order valence-corrected chi connectivity index (χ3v) is 3.01.